The molecule has 1 fully saturated rings. The summed E-state index contributed by atoms with van der Waals surface area (Å²) in [5.41, 5.74) is 0.507. The van der Waals surface area contributed by atoms with Gasteiger partial charge in [-0.2, -0.15) is 8.42 Å². The highest BCUT2D eigenvalue weighted by molar-refractivity contribution is 9.10. The monoisotopic (exact) mass is 503 g/mol. The molecule has 1 saturated heterocycles. The van der Waals surface area contributed by atoms with E-state index in [0.29, 0.717) is 10.6 Å². The molecule has 3 rings (SSSR count). The Bertz CT molecular complexity index is 1100. The van der Waals surface area contributed by atoms with E-state index >= 15 is 0 Å². The molecule has 146 valence electrons. The average molecular weight is 505 g/mol. The average Bonchev–Trinajstić information content (AvgIpc) is 2.94. The molecule has 0 bridgehead atoms. The second kappa shape index (κ2) is 8.16. The predicted octanol–water partition coefficient (Wildman–Crippen LogP) is 4.20. The Balaban J connectivity index is 1.96. The minimum absolute atomic E-state index is 0.0563. The van der Waals surface area contributed by atoms with Crippen LogP contribution in [0.1, 0.15) is 5.56 Å². The molecule has 28 heavy (non-hydrogen) atoms. The molecule has 1 N–H and O–H groups in total. The Morgan fingerprint density at radius 3 is 2.43 bits per heavy atom. The number of methoxy groups -OCH3 is 1. The number of imide groups is 1. The van der Waals surface area contributed by atoms with Crippen molar-refractivity contribution in [3.8, 4) is 11.5 Å². The number of nitrogens with one attached hydrogen (secondary N) is 1. The van der Waals surface area contributed by atoms with Crippen molar-refractivity contribution in [3.63, 3.8) is 0 Å². The van der Waals surface area contributed by atoms with Gasteiger partial charge in [0, 0.05) is 5.02 Å². The van der Waals surface area contributed by atoms with E-state index in [1.54, 1.807) is 6.07 Å². The molecule has 0 aromatic heterocycles. The molecule has 0 atom stereocenters. The third-order valence-corrected chi connectivity index (χ3v) is 6.37. The predicted molar refractivity (Wildman–Crippen MR) is 109 cm³/mol. The fourth-order valence-corrected chi connectivity index (χ4v) is 4.65. The van der Waals surface area contributed by atoms with Crippen LogP contribution >= 0.6 is 39.3 Å². The highest BCUT2D eigenvalue weighted by Gasteiger charge is 2.26. The van der Waals surface area contributed by atoms with Crippen LogP contribution in [0.4, 0.5) is 4.79 Å². The van der Waals surface area contributed by atoms with E-state index in [-0.39, 0.29) is 25.8 Å². The Morgan fingerprint density at radius 1 is 1.18 bits per heavy atom. The zero-order valence-corrected chi connectivity index (χ0v) is 18.0. The van der Waals surface area contributed by atoms with Gasteiger partial charge in [0.2, 0.25) is 0 Å². The van der Waals surface area contributed by atoms with Gasteiger partial charge in [0.15, 0.2) is 11.5 Å². The third-order valence-electron chi connectivity index (χ3n) is 3.49. The number of benzene rings is 2. The van der Waals surface area contributed by atoms with Crippen LogP contribution in [0.15, 0.2) is 50.7 Å². The van der Waals surface area contributed by atoms with Crippen molar-refractivity contribution in [2.45, 2.75) is 4.90 Å². The van der Waals surface area contributed by atoms with Gasteiger partial charge in [-0.3, -0.25) is 14.9 Å². The second-order valence-electron chi connectivity index (χ2n) is 5.38. The minimum atomic E-state index is -4.13. The van der Waals surface area contributed by atoms with Crippen molar-refractivity contribution in [2.24, 2.45) is 0 Å². The van der Waals surface area contributed by atoms with E-state index in [1.807, 2.05) is 0 Å². The number of amides is 2. The van der Waals surface area contributed by atoms with Crippen LogP contribution in [0.3, 0.4) is 0 Å². The number of rotatable bonds is 5. The summed E-state index contributed by atoms with van der Waals surface area (Å²) in [5.74, 6) is -0.441. The van der Waals surface area contributed by atoms with Crippen molar-refractivity contribution >= 4 is 66.6 Å². The topological polar surface area (TPSA) is 98.8 Å². The third kappa shape index (κ3) is 4.52. The number of carbonyl (C=O) groups excluding carboxylic acids is 2. The van der Waals surface area contributed by atoms with E-state index < -0.39 is 21.3 Å². The molecule has 2 aromatic carbocycles. The van der Waals surface area contributed by atoms with Crippen LogP contribution in [-0.2, 0) is 14.9 Å². The first-order valence-corrected chi connectivity index (χ1v) is 10.9. The van der Waals surface area contributed by atoms with Gasteiger partial charge in [-0.1, -0.05) is 11.6 Å². The maximum atomic E-state index is 12.5. The first kappa shape index (κ1) is 20.7. The molecule has 1 heterocycles. The summed E-state index contributed by atoms with van der Waals surface area (Å²) in [6.07, 6.45) is 1.48. The van der Waals surface area contributed by atoms with E-state index in [1.165, 1.54) is 43.5 Å². The molecule has 7 nitrogen and oxygen atoms in total. The minimum Gasteiger partial charge on any atom is -0.493 e. The zero-order valence-electron chi connectivity index (χ0n) is 14.1. The summed E-state index contributed by atoms with van der Waals surface area (Å²) in [6.45, 7) is 0. The van der Waals surface area contributed by atoms with Gasteiger partial charge >= 0.3 is 10.1 Å². The maximum absolute atomic E-state index is 12.5. The van der Waals surface area contributed by atoms with E-state index in [2.05, 4.69) is 21.2 Å². The lowest BCUT2D eigenvalue weighted by molar-refractivity contribution is -0.115. The van der Waals surface area contributed by atoms with Crippen LogP contribution < -0.4 is 14.2 Å². The lowest BCUT2D eigenvalue weighted by Crippen LogP contribution is -2.17. The SMILES string of the molecule is COc1cc(/C=C2\SC(=O)NC2=O)cc(Br)c1OS(=O)(=O)c1ccc(Cl)cc1. The number of thioether (sulfide) groups is 1. The fourth-order valence-electron chi connectivity index (χ4n) is 2.24. The van der Waals surface area contributed by atoms with Gasteiger partial charge in [0.1, 0.15) is 4.90 Å². The Morgan fingerprint density at radius 2 is 1.86 bits per heavy atom. The van der Waals surface area contributed by atoms with Gasteiger partial charge < -0.3 is 8.92 Å². The Labute approximate surface area is 178 Å². The molecular formula is C17H11BrClNO6S2. The fraction of sp³-hybridized carbons (Fsp3) is 0.0588. The van der Waals surface area contributed by atoms with Crippen molar-refractivity contribution < 1.29 is 26.9 Å². The molecular weight excluding hydrogens is 494 g/mol. The van der Waals surface area contributed by atoms with Gasteiger partial charge in [0.05, 0.1) is 16.5 Å². The van der Waals surface area contributed by atoms with Crippen LogP contribution in [0, 0.1) is 0 Å². The van der Waals surface area contributed by atoms with E-state index in [4.69, 9.17) is 20.5 Å². The van der Waals surface area contributed by atoms with Crippen LogP contribution in [0.5, 0.6) is 11.5 Å². The normalized spacial score (nSPS) is 15.6. The lowest BCUT2D eigenvalue weighted by Gasteiger charge is -2.13. The van der Waals surface area contributed by atoms with Crippen LogP contribution in [0.2, 0.25) is 5.02 Å². The molecule has 0 saturated carbocycles. The highest BCUT2D eigenvalue weighted by Crippen LogP contribution is 2.39. The number of halogens is 2. The van der Waals surface area contributed by atoms with Gasteiger partial charge in [-0.05, 0) is 75.7 Å². The first-order valence-electron chi connectivity index (χ1n) is 7.52. The number of hydrogen-bond acceptors (Lipinski definition) is 7. The molecule has 0 aliphatic carbocycles. The largest absolute Gasteiger partial charge is 0.493 e. The molecule has 0 radical (unpaired) electrons. The molecule has 0 spiro atoms. The van der Waals surface area contributed by atoms with Crippen LogP contribution in [0.25, 0.3) is 6.08 Å². The molecule has 2 aromatic rings. The Hall–Kier alpha value is -2.01. The van der Waals surface area contributed by atoms with Gasteiger partial charge in [-0.25, -0.2) is 0 Å². The second-order valence-corrected chi connectivity index (χ2v) is 9.23. The number of hydrogen-bond donors (Lipinski definition) is 1. The zero-order chi connectivity index (χ0) is 20.5. The summed E-state index contributed by atoms with van der Waals surface area (Å²) >= 11 is 9.81. The van der Waals surface area contributed by atoms with Crippen molar-refractivity contribution in [1.29, 1.82) is 0 Å². The summed E-state index contributed by atoms with van der Waals surface area (Å²) < 4.78 is 35.8. The van der Waals surface area contributed by atoms with Crippen molar-refractivity contribution in [1.82, 2.24) is 5.32 Å². The Kier molecular flexibility index (Phi) is 6.04. The van der Waals surface area contributed by atoms with E-state index in [9.17, 15) is 18.0 Å². The van der Waals surface area contributed by atoms with Gasteiger partial charge in [-0.15, -0.1) is 0 Å². The summed E-state index contributed by atoms with van der Waals surface area (Å²) in [5, 5.41) is 2.08. The summed E-state index contributed by atoms with van der Waals surface area (Å²) in [6, 6.07) is 8.55. The maximum Gasteiger partial charge on any atom is 0.339 e. The van der Waals surface area contributed by atoms with Gasteiger partial charge in [0.25, 0.3) is 11.1 Å². The summed E-state index contributed by atoms with van der Waals surface area (Å²) in [4.78, 5) is 23.1. The molecule has 1 aliphatic heterocycles. The van der Waals surface area contributed by atoms with Crippen molar-refractivity contribution in [3.05, 3.63) is 56.4 Å². The number of ether oxygens (including phenoxy) is 1. The first-order chi connectivity index (χ1) is 13.2. The molecule has 1 aliphatic rings. The van der Waals surface area contributed by atoms with Crippen molar-refractivity contribution in [2.75, 3.05) is 7.11 Å². The molecule has 2 amide bonds. The van der Waals surface area contributed by atoms with E-state index in [0.717, 1.165) is 11.8 Å². The smallest absolute Gasteiger partial charge is 0.339 e. The highest BCUT2D eigenvalue weighted by atomic mass is 79.9. The standard InChI is InChI=1S/C17H11BrClNO6S2/c1-25-13-7-9(8-14-16(21)20-17(22)27-14)6-12(18)15(13)26-28(23,24)11-4-2-10(19)3-5-11/h2-8H,1H3,(H,20,21,22)/b14-8-. The van der Waals surface area contributed by atoms with Crippen LogP contribution in [-0.4, -0.2) is 26.7 Å². The number of carbonyl (C=O) groups is 2. The lowest BCUT2D eigenvalue weighted by atomic mass is 10.2. The summed E-state index contributed by atoms with van der Waals surface area (Å²) in [7, 11) is -2.79. The quantitative estimate of drug-likeness (QED) is 0.481. The molecule has 0 unspecified atom stereocenters. The molecule has 11 heteroatoms.